The van der Waals surface area contributed by atoms with E-state index in [1.165, 1.54) is 10.6 Å². The summed E-state index contributed by atoms with van der Waals surface area (Å²) in [7, 11) is 0. The molecule has 6 heteroatoms. The molecule has 2 N–H and O–H groups in total. The van der Waals surface area contributed by atoms with Gasteiger partial charge < -0.3 is 10.1 Å². The topological polar surface area (TPSA) is 92.2 Å². The molecule has 6 nitrogen and oxygen atoms in total. The molecule has 1 aliphatic rings. The molecular formula is C14H14N2O4. The van der Waals surface area contributed by atoms with E-state index in [-0.39, 0.29) is 17.1 Å². The van der Waals surface area contributed by atoms with Gasteiger partial charge in [-0.3, -0.25) is 14.2 Å². The van der Waals surface area contributed by atoms with Crippen molar-refractivity contribution in [1.82, 2.24) is 9.55 Å². The predicted molar refractivity (Wildman–Crippen MR) is 73.2 cm³/mol. The standard InChI is InChI=1S/C14H14N2O4/c1-7(8-5-6-8)16-10-4-2-3-9(14(19)20)11(10)15-12(17)13(16)18/h2-4,7-8H,5-6H2,1H3,(H,15,17)(H,19,20). The van der Waals surface area contributed by atoms with E-state index in [9.17, 15) is 19.5 Å². The summed E-state index contributed by atoms with van der Waals surface area (Å²) < 4.78 is 1.43. The third kappa shape index (κ3) is 1.84. The first-order chi connectivity index (χ1) is 9.50. The van der Waals surface area contributed by atoms with Crippen LogP contribution in [0.4, 0.5) is 0 Å². The number of hydrogen-bond acceptors (Lipinski definition) is 3. The zero-order valence-corrected chi connectivity index (χ0v) is 10.9. The molecule has 1 aromatic carbocycles. The minimum Gasteiger partial charge on any atom is -0.478 e. The van der Waals surface area contributed by atoms with Crippen molar-refractivity contribution in [3.05, 3.63) is 44.5 Å². The van der Waals surface area contributed by atoms with Crippen molar-refractivity contribution < 1.29 is 9.90 Å². The number of carboxylic acids is 1. The molecule has 3 rings (SSSR count). The molecule has 20 heavy (non-hydrogen) atoms. The van der Waals surface area contributed by atoms with Gasteiger partial charge in [0.2, 0.25) is 0 Å². The molecule has 0 spiro atoms. The highest BCUT2D eigenvalue weighted by molar-refractivity contribution is 6.00. The van der Waals surface area contributed by atoms with Crippen LogP contribution in [0.2, 0.25) is 0 Å². The first-order valence-electron chi connectivity index (χ1n) is 6.51. The summed E-state index contributed by atoms with van der Waals surface area (Å²) in [6.07, 6.45) is 2.06. The lowest BCUT2D eigenvalue weighted by molar-refractivity contribution is 0.0698. The van der Waals surface area contributed by atoms with Crippen LogP contribution in [0.1, 0.15) is 36.2 Å². The van der Waals surface area contributed by atoms with Crippen LogP contribution in [-0.4, -0.2) is 20.6 Å². The summed E-state index contributed by atoms with van der Waals surface area (Å²) in [6, 6.07) is 4.56. The Hall–Kier alpha value is -2.37. The molecular weight excluding hydrogens is 260 g/mol. The molecule has 0 bridgehead atoms. The van der Waals surface area contributed by atoms with E-state index in [2.05, 4.69) is 4.98 Å². The fourth-order valence-electron chi connectivity index (χ4n) is 2.63. The molecule has 1 atom stereocenters. The van der Waals surface area contributed by atoms with Gasteiger partial charge in [0.25, 0.3) is 0 Å². The second-order valence-corrected chi connectivity index (χ2v) is 5.21. The summed E-state index contributed by atoms with van der Waals surface area (Å²) in [5, 5.41) is 9.18. The van der Waals surface area contributed by atoms with Crippen molar-refractivity contribution in [1.29, 1.82) is 0 Å². The van der Waals surface area contributed by atoms with Gasteiger partial charge in [0.05, 0.1) is 16.6 Å². The Labute approximate surface area is 113 Å². The summed E-state index contributed by atoms with van der Waals surface area (Å²) >= 11 is 0. The van der Waals surface area contributed by atoms with Crippen LogP contribution < -0.4 is 11.1 Å². The highest BCUT2D eigenvalue weighted by atomic mass is 16.4. The minimum absolute atomic E-state index is 0.00338. The number of benzene rings is 1. The second-order valence-electron chi connectivity index (χ2n) is 5.21. The number of rotatable bonds is 3. The molecule has 1 fully saturated rings. The van der Waals surface area contributed by atoms with E-state index in [1.54, 1.807) is 12.1 Å². The van der Waals surface area contributed by atoms with Crippen molar-refractivity contribution in [2.24, 2.45) is 5.92 Å². The first-order valence-corrected chi connectivity index (χ1v) is 6.51. The number of aromatic amines is 1. The Balaban J connectivity index is 2.40. The average Bonchev–Trinajstić information content (AvgIpc) is 3.23. The maximum absolute atomic E-state index is 12.1. The lowest BCUT2D eigenvalue weighted by Gasteiger charge is -2.17. The lowest BCUT2D eigenvalue weighted by Crippen LogP contribution is -2.38. The van der Waals surface area contributed by atoms with E-state index in [4.69, 9.17) is 0 Å². The molecule has 1 unspecified atom stereocenters. The number of carbonyl (C=O) groups is 1. The van der Waals surface area contributed by atoms with Gasteiger partial charge in [-0.05, 0) is 37.8 Å². The van der Waals surface area contributed by atoms with Crippen molar-refractivity contribution in [2.75, 3.05) is 0 Å². The van der Waals surface area contributed by atoms with Crippen LogP contribution >= 0.6 is 0 Å². The van der Waals surface area contributed by atoms with E-state index < -0.39 is 17.1 Å². The molecule has 1 saturated carbocycles. The van der Waals surface area contributed by atoms with Crippen molar-refractivity contribution in [3.63, 3.8) is 0 Å². The predicted octanol–water partition coefficient (Wildman–Crippen LogP) is 1.36. The Morgan fingerprint density at radius 3 is 2.70 bits per heavy atom. The van der Waals surface area contributed by atoms with E-state index in [0.29, 0.717) is 11.4 Å². The molecule has 0 radical (unpaired) electrons. The first kappa shape index (κ1) is 12.7. The number of nitrogens with one attached hydrogen (secondary N) is 1. The van der Waals surface area contributed by atoms with Crippen molar-refractivity contribution in [2.45, 2.75) is 25.8 Å². The normalized spacial score (nSPS) is 16.2. The van der Waals surface area contributed by atoms with Gasteiger partial charge in [0.15, 0.2) is 0 Å². The zero-order chi connectivity index (χ0) is 14.4. The van der Waals surface area contributed by atoms with Crippen LogP contribution in [0.5, 0.6) is 0 Å². The molecule has 0 saturated heterocycles. The largest absolute Gasteiger partial charge is 0.478 e. The summed E-state index contributed by atoms with van der Waals surface area (Å²) in [5.41, 5.74) is -0.736. The number of aromatic carboxylic acids is 1. The Bertz CT molecular complexity index is 814. The third-order valence-electron chi connectivity index (χ3n) is 3.90. The summed E-state index contributed by atoms with van der Waals surface area (Å²) in [5.74, 6) is -0.748. The van der Waals surface area contributed by atoms with Crippen molar-refractivity contribution >= 4 is 17.0 Å². The quantitative estimate of drug-likeness (QED) is 0.826. The Morgan fingerprint density at radius 2 is 2.10 bits per heavy atom. The maximum Gasteiger partial charge on any atom is 0.337 e. The lowest BCUT2D eigenvalue weighted by atomic mass is 10.1. The third-order valence-corrected chi connectivity index (χ3v) is 3.90. The van der Waals surface area contributed by atoms with Gasteiger partial charge in [-0.25, -0.2) is 4.79 Å². The highest BCUT2D eigenvalue weighted by Crippen LogP contribution is 2.39. The van der Waals surface area contributed by atoms with Gasteiger partial charge in [-0.2, -0.15) is 0 Å². The van der Waals surface area contributed by atoms with E-state index in [0.717, 1.165) is 12.8 Å². The summed E-state index contributed by atoms with van der Waals surface area (Å²) in [6.45, 7) is 1.89. The molecule has 104 valence electrons. The molecule has 2 aromatic rings. The van der Waals surface area contributed by atoms with Gasteiger partial charge in [0, 0.05) is 6.04 Å². The SMILES string of the molecule is CC(C1CC1)n1c(=O)c(=O)[nH]c2c(C(=O)O)cccc21. The maximum atomic E-state index is 12.1. The minimum atomic E-state index is -1.13. The van der Waals surface area contributed by atoms with Gasteiger partial charge >= 0.3 is 17.1 Å². The summed E-state index contributed by atoms with van der Waals surface area (Å²) in [4.78, 5) is 37.5. The average molecular weight is 274 g/mol. The van der Waals surface area contributed by atoms with Crippen molar-refractivity contribution in [3.8, 4) is 0 Å². The van der Waals surface area contributed by atoms with Gasteiger partial charge in [-0.15, -0.1) is 0 Å². The number of aromatic nitrogens is 2. The Kier molecular flexibility index (Phi) is 2.74. The second kappa shape index (κ2) is 4.33. The van der Waals surface area contributed by atoms with E-state index >= 15 is 0 Å². The molecule has 1 aliphatic carbocycles. The monoisotopic (exact) mass is 274 g/mol. The number of carboxylic acid groups (broad SMARTS) is 1. The van der Waals surface area contributed by atoms with Crippen LogP contribution in [0, 0.1) is 5.92 Å². The Morgan fingerprint density at radius 1 is 1.40 bits per heavy atom. The van der Waals surface area contributed by atoms with E-state index in [1.807, 2.05) is 6.92 Å². The molecule has 0 amide bonds. The zero-order valence-electron chi connectivity index (χ0n) is 10.9. The van der Waals surface area contributed by atoms with Crippen LogP contribution in [0.25, 0.3) is 11.0 Å². The van der Waals surface area contributed by atoms with Crippen LogP contribution in [-0.2, 0) is 0 Å². The fourth-order valence-corrected chi connectivity index (χ4v) is 2.63. The number of nitrogens with zero attached hydrogens (tertiary/aromatic N) is 1. The van der Waals surface area contributed by atoms with Crippen LogP contribution in [0.15, 0.2) is 27.8 Å². The molecule has 1 aromatic heterocycles. The molecule has 1 heterocycles. The molecule has 0 aliphatic heterocycles. The van der Waals surface area contributed by atoms with Gasteiger partial charge in [-0.1, -0.05) is 6.07 Å². The smallest absolute Gasteiger partial charge is 0.337 e. The fraction of sp³-hybridized carbons (Fsp3) is 0.357. The number of H-pyrrole nitrogens is 1. The van der Waals surface area contributed by atoms with Crippen LogP contribution in [0.3, 0.4) is 0 Å². The number of hydrogen-bond donors (Lipinski definition) is 2. The number of para-hydroxylation sites is 1. The van der Waals surface area contributed by atoms with Gasteiger partial charge in [0.1, 0.15) is 0 Å². The highest BCUT2D eigenvalue weighted by Gasteiger charge is 2.31. The number of fused-ring (bicyclic) bond motifs is 1.